The molecule has 22 heavy (non-hydrogen) atoms. The van der Waals surface area contributed by atoms with Crippen molar-refractivity contribution in [2.45, 2.75) is 6.54 Å². The van der Waals surface area contributed by atoms with Crippen molar-refractivity contribution in [3.05, 3.63) is 54.0 Å². The minimum atomic E-state index is -0.152. The zero-order valence-corrected chi connectivity index (χ0v) is 12.7. The van der Waals surface area contributed by atoms with E-state index in [0.29, 0.717) is 24.3 Å². The van der Waals surface area contributed by atoms with Gasteiger partial charge < -0.3 is 20.0 Å². The van der Waals surface area contributed by atoms with Crippen LogP contribution in [0, 0.1) is 0 Å². The molecule has 0 bridgehead atoms. The molecular formula is C16H20N3O3+. The van der Waals surface area contributed by atoms with Crippen molar-refractivity contribution in [2.24, 2.45) is 0 Å². The van der Waals surface area contributed by atoms with Crippen LogP contribution in [0.4, 0.5) is 5.69 Å². The monoisotopic (exact) mass is 302 g/mol. The molecule has 2 aromatic rings. The van der Waals surface area contributed by atoms with E-state index in [1.54, 1.807) is 37.6 Å². The Morgan fingerprint density at radius 3 is 2.50 bits per heavy atom. The SMILES string of the molecule is CNC(=O)c1ccc(NC(=O)C[NH+](C)Cc2ccco2)cc1. The lowest BCUT2D eigenvalue weighted by Crippen LogP contribution is -3.08. The maximum atomic E-state index is 12.0. The first-order chi connectivity index (χ1) is 10.6. The van der Waals surface area contributed by atoms with Crippen LogP contribution in [0.5, 0.6) is 0 Å². The summed E-state index contributed by atoms with van der Waals surface area (Å²) in [4.78, 5) is 24.4. The van der Waals surface area contributed by atoms with E-state index in [1.807, 2.05) is 19.2 Å². The van der Waals surface area contributed by atoms with E-state index in [0.717, 1.165) is 10.7 Å². The van der Waals surface area contributed by atoms with Crippen LogP contribution >= 0.6 is 0 Å². The van der Waals surface area contributed by atoms with Gasteiger partial charge in [-0.1, -0.05) is 0 Å². The molecule has 0 saturated heterocycles. The van der Waals surface area contributed by atoms with E-state index in [9.17, 15) is 9.59 Å². The molecule has 0 aliphatic heterocycles. The van der Waals surface area contributed by atoms with Crippen LogP contribution in [-0.4, -0.2) is 32.5 Å². The number of furan rings is 1. The molecule has 0 spiro atoms. The molecule has 3 N–H and O–H groups in total. The molecule has 0 saturated carbocycles. The third-order valence-corrected chi connectivity index (χ3v) is 3.18. The molecule has 1 atom stereocenters. The summed E-state index contributed by atoms with van der Waals surface area (Å²) in [5, 5.41) is 5.36. The minimum Gasteiger partial charge on any atom is -0.463 e. The maximum Gasteiger partial charge on any atom is 0.279 e. The van der Waals surface area contributed by atoms with Gasteiger partial charge >= 0.3 is 0 Å². The van der Waals surface area contributed by atoms with E-state index >= 15 is 0 Å². The molecule has 0 aliphatic carbocycles. The first kappa shape index (κ1) is 15.8. The number of hydrogen-bond donors (Lipinski definition) is 3. The number of carbonyl (C=O) groups is 2. The molecule has 6 nitrogen and oxygen atoms in total. The molecule has 0 fully saturated rings. The molecular weight excluding hydrogens is 282 g/mol. The summed E-state index contributed by atoms with van der Waals surface area (Å²) in [6, 6.07) is 10.5. The van der Waals surface area contributed by atoms with Crippen molar-refractivity contribution in [3.8, 4) is 0 Å². The quantitative estimate of drug-likeness (QED) is 0.718. The predicted molar refractivity (Wildman–Crippen MR) is 82.6 cm³/mol. The van der Waals surface area contributed by atoms with Gasteiger partial charge in [-0.3, -0.25) is 9.59 Å². The molecule has 1 aromatic carbocycles. The number of hydrogen-bond acceptors (Lipinski definition) is 3. The number of quaternary nitrogens is 1. The number of nitrogens with one attached hydrogen (secondary N) is 3. The van der Waals surface area contributed by atoms with Crippen molar-refractivity contribution in [2.75, 3.05) is 26.0 Å². The largest absolute Gasteiger partial charge is 0.463 e. The third kappa shape index (κ3) is 4.46. The van der Waals surface area contributed by atoms with Gasteiger partial charge in [-0.05, 0) is 36.4 Å². The van der Waals surface area contributed by atoms with Gasteiger partial charge in [0.1, 0.15) is 6.54 Å². The fourth-order valence-corrected chi connectivity index (χ4v) is 2.10. The Morgan fingerprint density at radius 2 is 1.91 bits per heavy atom. The Morgan fingerprint density at radius 1 is 1.18 bits per heavy atom. The van der Waals surface area contributed by atoms with Crippen LogP contribution in [0.1, 0.15) is 16.1 Å². The van der Waals surface area contributed by atoms with Gasteiger partial charge in [-0.2, -0.15) is 0 Å². The minimum absolute atomic E-state index is 0.0863. The average molecular weight is 302 g/mol. The highest BCUT2D eigenvalue weighted by Crippen LogP contribution is 2.09. The lowest BCUT2D eigenvalue weighted by molar-refractivity contribution is -0.886. The van der Waals surface area contributed by atoms with Gasteiger partial charge in [-0.25, -0.2) is 0 Å². The topological polar surface area (TPSA) is 75.8 Å². The predicted octanol–water partition coefficient (Wildman–Crippen LogP) is 0.293. The summed E-state index contributed by atoms with van der Waals surface area (Å²) < 4.78 is 5.26. The Bertz CT molecular complexity index is 621. The molecule has 0 radical (unpaired) electrons. The molecule has 116 valence electrons. The molecule has 6 heteroatoms. The van der Waals surface area contributed by atoms with Gasteiger partial charge in [0.15, 0.2) is 12.3 Å². The van der Waals surface area contributed by atoms with E-state index in [2.05, 4.69) is 10.6 Å². The fraction of sp³-hybridized carbons (Fsp3) is 0.250. The highest BCUT2D eigenvalue weighted by molar-refractivity contribution is 5.95. The standard InChI is InChI=1S/C16H19N3O3/c1-17-16(21)12-5-7-13(8-6-12)18-15(20)11-19(2)10-14-4-3-9-22-14/h3-9H,10-11H2,1-2H3,(H,17,21)(H,18,20)/p+1. The number of likely N-dealkylation sites (N-methyl/N-ethyl adjacent to an activating group) is 1. The van der Waals surface area contributed by atoms with Crippen LogP contribution in [0.2, 0.25) is 0 Å². The normalized spacial score (nSPS) is 11.7. The summed E-state index contributed by atoms with van der Waals surface area (Å²) in [5.41, 5.74) is 1.23. The molecule has 1 aromatic heterocycles. The van der Waals surface area contributed by atoms with Crippen molar-refractivity contribution in [3.63, 3.8) is 0 Å². The number of anilines is 1. The molecule has 2 amide bonds. The summed E-state index contributed by atoms with van der Waals surface area (Å²) >= 11 is 0. The second-order valence-electron chi connectivity index (χ2n) is 5.09. The van der Waals surface area contributed by atoms with Crippen LogP contribution in [0.3, 0.4) is 0 Å². The zero-order valence-electron chi connectivity index (χ0n) is 12.7. The first-order valence-electron chi connectivity index (χ1n) is 7.04. The summed E-state index contributed by atoms with van der Waals surface area (Å²) in [6.07, 6.45) is 1.62. The van der Waals surface area contributed by atoms with E-state index in [-0.39, 0.29) is 11.8 Å². The van der Waals surface area contributed by atoms with Gasteiger partial charge in [0.05, 0.1) is 13.3 Å². The molecule has 1 heterocycles. The van der Waals surface area contributed by atoms with Crippen LogP contribution < -0.4 is 15.5 Å². The van der Waals surface area contributed by atoms with Crippen LogP contribution in [-0.2, 0) is 11.3 Å². The Hall–Kier alpha value is -2.60. The average Bonchev–Trinajstić information content (AvgIpc) is 2.99. The first-order valence-corrected chi connectivity index (χ1v) is 7.04. The summed E-state index contributed by atoms with van der Waals surface area (Å²) in [7, 11) is 3.51. The third-order valence-electron chi connectivity index (χ3n) is 3.18. The van der Waals surface area contributed by atoms with E-state index in [4.69, 9.17) is 4.42 Å². The van der Waals surface area contributed by atoms with Crippen molar-refractivity contribution in [1.29, 1.82) is 0 Å². The van der Waals surface area contributed by atoms with Crippen LogP contribution in [0.15, 0.2) is 47.1 Å². The summed E-state index contributed by atoms with van der Waals surface area (Å²) in [6.45, 7) is 0.980. The molecule has 1 unspecified atom stereocenters. The van der Waals surface area contributed by atoms with E-state index in [1.165, 1.54) is 0 Å². The Kier molecular flexibility index (Phi) is 5.32. The van der Waals surface area contributed by atoms with Crippen molar-refractivity contribution < 1.29 is 18.9 Å². The molecule has 2 rings (SSSR count). The number of amides is 2. The highest BCUT2D eigenvalue weighted by atomic mass is 16.3. The second-order valence-corrected chi connectivity index (χ2v) is 5.09. The number of benzene rings is 1. The second kappa shape index (κ2) is 7.42. The fourth-order valence-electron chi connectivity index (χ4n) is 2.10. The molecule has 0 aliphatic rings. The van der Waals surface area contributed by atoms with Crippen molar-refractivity contribution in [1.82, 2.24) is 5.32 Å². The highest BCUT2D eigenvalue weighted by Gasteiger charge is 2.12. The van der Waals surface area contributed by atoms with Crippen molar-refractivity contribution >= 4 is 17.5 Å². The maximum absolute atomic E-state index is 12.0. The lowest BCUT2D eigenvalue weighted by Gasteiger charge is -2.12. The van der Waals surface area contributed by atoms with Gasteiger partial charge in [-0.15, -0.1) is 0 Å². The van der Waals surface area contributed by atoms with Gasteiger partial charge in [0.25, 0.3) is 11.8 Å². The van der Waals surface area contributed by atoms with Gasteiger partial charge in [0, 0.05) is 18.3 Å². The number of rotatable bonds is 6. The lowest BCUT2D eigenvalue weighted by atomic mass is 10.2. The van der Waals surface area contributed by atoms with Gasteiger partial charge in [0.2, 0.25) is 0 Å². The zero-order chi connectivity index (χ0) is 15.9. The summed E-state index contributed by atoms with van der Waals surface area (Å²) in [5.74, 6) is 0.609. The smallest absolute Gasteiger partial charge is 0.279 e. The Balaban J connectivity index is 1.85. The van der Waals surface area contributed by atoms with E-state index < -0.39 is 0 Å². The van der Waals surface area contributed by atoms with Crippen LogP contribution in [0.25, 0.3) is 0 Å². The Labute approximate surface area is 129 Å². The number of carbonyl (C=O) groups excluding carboxylic acids is 2.